The highest BCUT2D eigenvalue weighted by molar-refractivity contribution is 7.40. The van der Waals surface area contributed by atoms with E-state index in [1.165, 1.54) is 32.9 Å². The molecule has 1 heterocycles. The second-order valence-corrected chi connectivity index (χ2v) is 7.69. The minimum absolute atomic E-state index is 0. The fraction of sp³-hybridized carbons (Fsp3) is 0.619. The standard InChI is InChI=1S/C19H29N4O6P.C2H6.3H2/c1-11(17(27)21-12(2)18(28)22-13(3)19(29)30)20-14(24)7-5-4-6-10-23-15(25)8-9-16(23)26;1-2;;;/h8-9,11-13H,4-7,10,30H2,1-3H3,(H,20,24)(H,21,27)(H,22,28);1-2H3;3*1H/t11-,12-,13-;;;;/m0..../s1. The van der Waals surface area contributed by atoms with Crippen LogP contribution in [0.1, 0.15) is 64.6 Å². The Hall–Kier alpha value is -2.61. The summed E-state index contributed by atoms with van der Waals surface area (Å²) in [5.41, 5.74) is -0.280. The molecule has 0 aromatic heterocycles. The summed E-state index contributed by atoms with van der Waals surface area (Å²) in [5, 5.41) is 7.51. The van der Waals surface area contributed by atoms with Crippen molar-refractivity contribution in [2.75, 3.05) is 6.54 Å². The molecule has 0 saturated carbocycles. The fourth-order valence-corrected chi connectivity index (χ4v) is 2.66. The smallest absolute Gasteiger partial charge is 0.253 e. The van der Waals surface area contributed by atoms with Crippen molar-refractivity contribution in [3.05, 3.63) is 12.2 Å². The number of carbonyl (C=O) groups excluding carboxylic acids is 6. The number of unbranched alkanes of at least 4 members (excludes halogenated alkanes) is 2. The van der Waals surface area contributed by atoms with Gasteiger partial charge < -0.3 is 16.0 Å². The Morgan fingerprint density at radius 1 is 0.844 bits per heavy atom. The fourth-order valence-electron chi connectivity index (χ4n) is 2.58. The largest absolute Gasteiger partial charge is 0.345 e. The van der Waals surface area contributed by atoms with Crippen LogP contribution in [-0.2, 0) is 28.8 Å². The van der Waals surface area contributed by atoms with Gasteiger partial charge in [-0.1, -0.05) is 29.5 Å². The van der Waals surface area contributed by atoms with E-state index in [1.807, 2.05) is 23.1 Å². The van der Waals surface area contributed by atoms with Gasteiger partial charge in [-0.3, -0.25) is 33.7 Å². The third-order valence-corrected chi connectivity index (χ3v) is 4.99. The van der Waals surface area contributed by atoms with E-state index in [4.69, 9.17) is 0 Å². The van der Waals surface area contributed by atoms with Gasteiger partial charge in [0.1, 0.15) is 12.1 Å². The van der Waals surface area contributed by atoms with Gasteiger partial charge in [-0.2, -0.15) is 0 Å². The van der Waals surface area contributed by atoms with Crippen molar-refractivity contribution in [2.24, 2.45) is 0 Å². The highest BCUT2D eigenvalue weighted by atomic mass is 31.0. The molecular formula is C21H41N4O6P. The second kappa shape index (κ2) is 15.2. The van der Waals surface area contributed by atoms with Crippen molar-refractivity contribution in [2.45, 2.75) is 78.4 Å². The summed E-state index contributed by atoms with van der Waals surface area (Å²) in [6.07, 6.45) is 4.44. The van der Waals surface area contributed by atoms with Gasteiger partial charge in [-0.05, 0) is 33.6 Å². The summed E-state index contributed by atoms with van der Waals surface area (Å²) in [7, 11) is 1.97. The lowest BCUT2D eigenvalue weighted by atomic mass is 10.1. The van der Waals surface area contributed by atoms with Crippen LogP contribution in [0.2, 0.25) is 0 Å². The summed E-state index contributed by atoms with van der Waals surface area (Å²) >= 11 is 0. The number of imide groups is 1. The molecule has 0 spiro atoms. The van der Waals surface area contributed by atoms with E-state index in [0.717, 1.165) is 4.90 Å². The Morgan fingerprint density at radius 2 is 1.31 bits per heavy atom. The van der Waals surface area contributed by atoms with Gasteiger partial charge in [-0.25, -0.2) is 0 Å². The molecule has 3 N–H and O–H groups in total. The van der Waals surface area contributed by atoms with E-state index in [2.05, 4.69) is 16.0 Å². The molecule has 11 heteroatoms. The monoisotopic (exact) mass is 476 g/mol. The molecule has 0 aromatic carbocycles. The molecule has 0 aliphatic carbocycles. The zero-order chi connectivity index (χ0) is 24.8. The normalized spacial score (nSPS) is 15.2. The van der Waals surface area contributed by atoms with Crippen LogP contribution in [0.25, 0.3) is 0 Å². The van der Waals surface area contributed by atoms with Crippen LogP contribution in [0.4, 0.5) is 0 Å². The molecule has 32 heavy (non-hydrogen) atoms. The van der Waals surface area contributed by atoms with E-state index >= 15 is 0 Å². The van der Waals surface area contributed by atoms with Crippen LogP contribution in [0.15, 0.2) is 12.2 Å². The minimum atomic E-state index is -0.867. The molecule has 1 rings (SSSR count). The first-order valence-electron chi connectivity index (χ1n) is 10.8. The van der Waals surface area contributed by atoms with Crippen LogP contribution in [0.5, 0.6) is 0 Å². The Kier molecular flexibility index (Phi) is 14.0. The molecule has 1 unspecified atom stereocenters. The molecule has 1 aliphatic rings. The molecule has 0 fully saturated rings. The van der Waals surface area contributed by atoms with Crippen molar-refractivity contribution < 1.29 is 33.0 Å². The van der Waals surface area contributed by atoms with E-state index in [9.17, 15) is 28.8 Å². The zero-order valence-corrected chi connectivity index (χ0v) is 20.6. The average Bonchev–Trinajstić information content (AvgIpc) is 3.06. The first kappa shape index (κ1) is 29.4. The predicted octanol–water partition coefficient (Wildman–Crippen LogP) is 1.15. The summed E-state index contributed by atoms with van der Waals surface area (Å²) in [6, 6.07) is -2.38. The van der Waals surface area contributed by atoms with Gasteiger partial charge in [0.15, 0.2) is 5.52 Å². The second-order valence-electron chi connectivity index (χ2n) is 7.12. The highest BCUT2D eigenvalue weighted by Crippen LogP contribution is 2.07. The van der Waals surface area contributed by atoms with Crippen molar-refractivity contribution in [3.63, 3.8) is 0 Å². The first-order valence-corrected chi connectivity index (χ1v) is 11.3. The Morgan fingerprint density at radius 3 is 1.81 bits per heavy atom. The van der Waals surface area contributed by atoms with E-state index in [1.54, 1.807) is 0 Å². The van der Waals surface area contributed by atoms with Gasteiger partial charge >= 0.3 is 0 Å². The molecule has 186 valence electrons. The van der Waals surface area contributed by atoms with Crippen molar-refractivity contribution in [1.82, 2.24) is 20.9 Å². The van der Waals surface area contributed by atoms with Crippen LogP contribution in [0.3, 0.4) is 0 Å². The van der Waals surface area contributed by atoms with E-state index in [0.29, 0.717) is 25.8 Å². The Bertz CT molecular complexity index is 737. The number of nitrogens with zero attached hydrogens (tertiary/aromatic N) is 1. The molecule has 0 aromatic rings. The molecule has 5 amide bonds. The van der Waals surface area contributed by atoms with Crippen LogP contribution in [0, 0.1) is 0 Å². The predicted molar refractivity (Wildman–Crippen MR) is 130 cm³/mol. The summed E-state index contributed by atoms with van der Waals surface area (Å²) in [6.45, 7) is 8.83. The first-order chi connectivity index (χ1) is 15.0. The van der Waals surface area contributed by atoms with Gasteiger partial charge in [-0.15, -0.1) is 0 Å². The van der Waals surface area contributed by atoms with Crippen molar-refractivity contribution >= 4 is 44.3 Å². The molecule has 0 bridgehead atoms. The zero-order valence-electron chi connectivity index (χ0n) is 19.4. The lowest BCUT2D eigenvalue weighted by molar-refractivity contribution is -0.137. The maximum atomic E-state index is 12.1. The van der Waals surface area contributed by atoms with Gasteiger partial charge in [0.05, 0.1) is 6.04 Å². The molecule has 10 nitrogen and oxygen atoms in total. The van der Waals surface area contributed by atoms with Crippen LogP contribution < -0.4 is 16.0 Å². The average molecular weight is 477 g/mol. The topological polar surface area (TPSA) is 142 Å². The summed E-state index contributed by atoms with van der Waals surface area (Å²) < 4.78 is 0. The molecule has 0 radical (unpaired) electrons. The number of hydrogen-bond acceptors (Lipinski definition) is 6. The lowest BCUT2D eigenvalue weighted by Gasteiger charge is -2.19. The third-order valence-electron chi connectivity index (χ3n) is 4.49. The van der Waals surface area contributed by atoms with Crippen molar-refractivity contribution in [1.29, 1.82) is 0 Å². The number of amides is 5. The number of hydrogen-bond donors (Lipinski definition) is 3. The summed E-state index contributed by atoms with van der Waals surface area (Å²) in [4.78, 5) is 71.2. The number of nitrogens with one attached hydrogen (secondary N) is 3. The molecule has 0 saturated heterocycles. The quantitative estimate of drug-likeness (QED) is 0.219. The molecular weight excluding hydrogens is 435 g/mol. The highest BCUT2D eigenvalue weighted by Gasteiger charge is 2.23. The summed E-state index contributed by atoms with van der Waals surface area (Å²) in [5.74, 6) is -1.98. The third kappa shape index (κ3) is 10.6. The Balaban J connectivity index is -0.000000935. The molecule has 1 aliphatic heterocycles. The van der Waals surface area contributed by atoms with Gasteiger partial charge in [0.2, 0.25) is 17.7 Å². The van der Waals surface area contributed by atoms with E-state index in [-0.39, 0.29) is 33.9 Å². The van der Waals surface area contributed by atoms with Gasteiger partial charge in [0.25, 0.3) is 11.8 Å². The van der Waals surface area contributed by atoms with Crippen LogP contribution in [-0.4, -0.2) is 64.6 Å². The van der Waals surface area contributed by atoms with Crippen LogP contribution >= 0.6 is 9.24 Å². The molecule has 4 atom stereocenters. The minimum Gasteiger partial charge on any atom is -0.345 e. The Labute approximate surface area is 196 Å². The number of carbonyl (C=O) groups is 6. The van der Waals surface area contributed by atoms with Gasteiger partial charge in [0, 0.05) is 29.4 Å². The lowest BCUT2D eigenvalue weighted by Crippen LogP contribution is -2.53. The van der Waals surface area contributed by atoms with E-state index < -0.39 is 29.9 Å². The maximum absolute atomic E-state index is 12.1. The SMILES string of the molecule is CC.C[C@H](NC(=O)[C@H](C)NC(=O)[C@H](C)NC(=O)CCCCCN1C(=O)C=CC1=O)C(=O)P.[HH].[HH].[HH]. The van der Waals surface area contributed by atoms with Crippen molar-refractivity contribution in [3.8, 4) is 0 Å². The number of rotatable bonds is 12. The maximum Gasteiger partial charge on any atom is 0.253 e.